The van der Waals surface area contributed by atoms with Crippen molar-refractivity contribution < 1.29 is 14.3 Å². The third-order valence-corrected chi connectivity index (χ3v) is 3.97. The quantitative estimate of drug-likeness (QED) is 0.273. The van der Waals surface area contributed by atoms with Crippen molar-refractivity contribution in [2.75, 3.05) is 27.3 Å². The Morgan fingerprint density at radius 3 is 2.26 bits per heavy atom. The van der Waals surface area contributed by atoms with Gasteiger partial charge in [0.25, 0.3) is 0 Å². The van der Waals surface area contributed by atoms with Crippen LogP contribution in [0.2, 0.25) is 0 Å². The van der Waals surface area contributed by atoms with E-state index in [-0.39, 0.29) is 42.0 Å². The Labute approximate surface area is 187 Å². The topological polar surface area (TPSA) is 84.0 Å². The zero-order valence-corrected chi connectivity index (χ0v) is 20.7. The minimum atomic E-state index is -0.265. The van der Waals surface area contributed by atoms with Gasteiger partial charge in [-0.05, 0) is 45.4 Å². The predicted molar refractivity (Wildman–Crippen MR) is 123 cm³/mol. The first-order valence-corrected chi connectivity index (χ1v) is 9.23. The molecule has 1 aromatic rings. The Morgan fingerprint density at radius 2 is 1.74 bits per heavy atom. The van der Waals surface area contributed by atoms with E-state index in [9.17, 15) is 4.79 Å². The van der Waals surface area contributed by atoms with Crippen LogP contribution in [0, 0.1) is 0 Å². The molecule has 7 nitrogen and oxygen atoms in total. The van der Waals surface area contributed by atoms with Crippen LogP contribution in [0.5, 0.6) is 11.5 Å². The second-order valence-corrected chi connectivity index (χ2v) is 7.50. The molecular formula is C18H30BrIN4O3. The molecule has 154 valence electrons. The normalized spacial score (nSPS) is 11.3. The molecule has 0 aliphatic carbocycles. The van der Waals surface area contributed by atoms with Gasteiger partial charge in [-0.15, -0.1) is 24.0 Å². The summed E-state index contributed by atoms with van der Waals surface area (Å²) in [7, 11) is 3.19. The molecule has 0 heterocycles. The first-order valence-electron chi connectivity index (χ1n) is 8.43. The van der Waals surface area contributed by atoms with E-state index in [1.54, 1.807) is 14.2 Å². The van der Waals surface area contributed by atoms with Crippen LogP contribution in [0.1, 0.15) is 33.3 Å². The number of guanidine groups is 1. The highest BCUT2D eigenvalue weighted by Gasteiger charge is 2.14. The van der Waals surface area contributed by atoms with Crippen LogP contribution >= 0.6 is 39.9 Å². The molecule has 0 aromatic heterocycles. The molecule has 1 rings (SSSR count). The van der Waals surface area contributed by atoms with E-state index >= 15 is 0 Å². The third-order valence-electron chi connectivity index (χ3n) is 3.24. The molecule has 0 saturated carbocycles. The summed E-state index contributed by atoms with van der Waals surface area (Å²) in [6.07, 6.45) is 0. The fourth-order valence-corrected chi connectivity index (χ4v) is 2.60. The van der Waals surface area contributed by atoms with Gasteiger partial charge in [-0.2, -0.15) is 0 Å². The van der Waals surface area contributed by atoms with Crippen LogP contribution in [-0.2, 0) is 11.3 Å². The van der Waals surface area contributed by atoms with Crippen molar-refractivity contribution in [2.45, 2.75) is 39.8 Å². The number of carbonyl (C=O) groups excluding carboxylic acids is 1. The number of benzene rings is 1. The molecule has 3 N–H and O–H groups in total. The van der Waals surface area contributed by atoms with E-state index in [2.05, 4.69) is 36.9 Å². The summed E-state index contributed by atoms with van der Waals surface area (Å²) >= 11 is 3.53. The Morgan fingerprint density at radius 1 is 1.15 bits per heavy atom. The SMILES string of the molecule is CCNC(=NCc1cc(OC)c(OC)cc1Br)NCC(=O)NC(C)(C)C.I. The lowest BCUT2D eigenvalue weighted by Crippen LogP contribution is -2.48. The first kappa shape index (κ1) is 25.8. The average Bonchev–Trinajstić information content (AvgIpc) is 2.56. The van der Waals surface area contributed by atoms with Crippen molar-refractivity contribution in [1.82, 2.24) is 16.0 Å². The summed E-state index contributed by atoms with van der Waals surface area (Å²) in [6, 6.07) is 3.73. The van der Waals surface area contributed by atoms with Gasteiger partial charge < -0.3 is 25.4 Å². The van der Waals surface area contributed by atoms with Crippen molar-refractivity contribution in [2.24, 2.45) is 4.99 Å². The minimum absolute atomic E-state index is 0. The summed E-state index contributed by atoms with van der Waals surface area (Å²) in [5, 5.41) is 9.07. The molecule has 0 atom stereocenters. The minimum Gasteiger partial charge on any atom is -0.493 e. The molecule has 0 bridgehead atoms. The molecule has 0 spiro atoms. The number of rotatable bonds is 7. The molecule has 9 heteroatoms. The first-order chi connectivity index (χ1) is 12.2. The Kier molecular flexibility index (Phi) is 11.7. The van der Waals surface area contributed by atoms with Crippen molar-refractivity contribution in [3.8, 4) is 11.5 Å². The predicted octanol–water partition coefficient (Wildman–Crippen LogP) is 3.05. The Bertz CT molecular complexity index is 648. The molecule has 1 aromatic carbocycles. The molecule has 0 fully saturated rings. The number of methoxy groups -OCH3 is 2. The van der Waals surface area contributed by atoms with Crippen LogP contribution in [0.25, 0.3) is 0 Å². The van der Waals surface area contributed by atoms with Crippen LogP contribution in [0.3, 0.4) is 0 Å². The van der Waals surface area contributed by atoms with Crippen LogP contribution in [0.4, 0.5) is 0 Å². The number of nitrogens with zero attached hydrogens (tertiary/aromatic N) is 1. The monoisotopic (exact) mass is 556 g/mol. The number of hydrogen-bond acceptors (Lipinski definition) is 4. The zero-order valence-electron chi connectivity index (χ0n) is 16.7. The summed E-state index contributed by atoms with van der Waals surface area (Å²) in [5.74, 6) is 1.77. The Balaban J connectivity index is 0.00000676. The van der Waals surface area contributed by atoms with Crippen LogP contribution < -0.4 is 25.4 Å². The fourth-order valence-electron chi connectivity index (χ4n) is 2.15. The molecule has 0 aliphatic heterocycles. The number of halogens is 2. The number of amides is 1. The number of carbonyl (C=O) groups is 1. The standard InChI is InChI=1S/C18H29BrN4O3.HI/c1-7-20-17(22-11-16(24)23-18(2,3)4)21-10-12-8-14(25-5)15(26-6)9-13(12)19;/h8-9H,7,10-11H2,1-6H3,(H,23,24)(H2,20,21,22);1H. The van der Waals surface area contributed by atoms with E-state index in [0.717, 1.165) is 10.0 Å². The van der Waals surface area contributed by atoms with Gasteiger partial charge in [0.15, 0.2) is 17.5 Å². The van der Waals surface area contributed by atoms with Gasteiger partial charge in [-0.25, -0.2) is 4.99 Å². The smallest absolute Gasteiger partial charge is 0.239 e. The molecular weight excluding hydrogens is 527 g/mol. The van der Waals surface area contributed by atoms with E-state index in [0.29, 0.717) is 30.5 Å². The van der Waals surface area contributed by atoms with E-state index in [1.165, 1.54) is 0 Å². The van der Waals surface area contributed by atoms with Crippen molar-refractivity contribution in [1.29, 1.82) is 0 Å². The molecule has 0 aliphatic rings. The number of hydrogen-bond donors (Lipinski definition) is 3. The van der Waals surface area contributed by atoms with Gasteiger partial charge in [-0.1, -0.05) is 15.9 Å². The lowest BCUT2D eigenvalue weighted by atomic mass is 10.1. The van der Waals surface area contributed by atoms with Gasteiger partial charge in [0, 0.05) is 16.6 Å². The van der Waals surface area contributed by atoms with Crippen molar-refractivity contribution in [3.05, 3.63) is 22.2 Å². The van der Waals surface area contributed by atoms with E-state index in [1.807, 2.05) is 39.8 Å². The van der Waals surface area contributed by atoms with Crippen molar-refractivity contribution in [3.63, 3.8) is 0 Å². The summed E-state index contributed by atoms with van der Waals surface area (Å²) in [6.45, 7) is 9.06. The fraction of sp³-hybridized carbons (Fsp3) is 0.556. The maximum absolute atomic E-state index is 12.0. The molecule has 0 radical (unpaired) electrons. The number of ether oxygens (including phenoxy) is 2. The highest BCUT2D eigenvalue weighted by atomic mass is 127. The van der Waals surface area contributed by atoms with Crippen LogP contribution in [-0.4, -0.2) is 44.7 Å². The number of aliphatic imine (C=N–C) groups is 1. The number of nitrogens with one attached hydrogen (secondary N) is 3. The summed E-state index contributed by atoms with van der Waals surface area (Å²) in [4.78, 5) is 16.5. The lowest BCUT2D eigenvalue weighted by molar-refractivity contribution is -0.121. The molecule has 0 unspecified atom stereocenters. The van der Waals surface area contributed by atoms with Gasteiger partial charge in [0.1, 0.15) is 0 Å². The van der Waals surface area contributed by atoms with E-state index in [4.69, 9.17) is 9.47 Å². The average molecular weight is 557 g/mol. The summed E-state index contributed by atoms with van der Waals surface area (Å²) in [5.41, 5.74) is 0.678. The Hall–Kier alpha value is -1.23. The maximum atomic E-state index is 12.0. The molecule has 0 saturated heterocycles. The molecule has 27 heavy (non-hydrogen) atoms. The summed E-state index contributed by atoms with van der Waals surface area (Å²) < 4.78 is 11.5. The second kappa shape index (κ2) is 12.3. The van der Waals surface area contributed by atoms with Crippen molar-refractivity contribution >= 4 is 51.8 Å². The van der Waals surface area contributed by atoms with E-state index < -0.39 is 0 Å². The van der Waals surface area contributed by atoms with Gasteiger partial charge in [0.05, 0.1) is 27.3 Å². The largest absolute Gasteiger partial charge is 0.493 e. The highest BCUT2D eigenvalue weighted by molar-refractivity contribution is 14.0. The highest BCUT2D eigenvalue weighted by Crippen LogP contribution is 2.33. The lowest BCUT2D eigenvalue weighted by Gasteiger charge is -2.21. The van der Waals surface area contributed by atoms with Gasteiger partial charge in [0.2, 0.25) is 5.91 Å². The van der Waals surface area contributed by atoms with Crippen LogP contribution in [0.15, 0.2) is 21.6 Å². The van der Waals surface area contributed by atoms with Gasteiger partial charge in [-0.3, -0.25) is 4.79 Å². The third kappa shape index (κ3) is 9.50. The maximum Gasteiger partial charge on any atom is 0.239 e. The molecule has 1 amide bonds. The second-order valence-electron chi connectivity index (χ2n) is 6.65. The zero-order chi connectivity index (χ0) is 19.7. The van der Waals surface area contributed by atoms with Gasteiger partial charge >= 0.3 is 0 Å².